The van der Waals surface area contributed by atoms with Crippen molar-refractivity contribution in [2.45, 2.75) is 65.2 Å². The summed E-state index contributed by atoms with van der Waals surface area (Å²) in [5, 5.41) is 3.65. The van der Waals surface area contributed by atoms with E-state index in [1.54, 1.807) is 0 Å². The van der Waals surface area contributed by atoms with Gasteiger partial charge in [0.05, 0.1) is 0 Å². The standard InChI is InChI=1S/C17H34N2/c1-3-18-14-17(10-5-4-6-11-17)15-19-12-7-8-16(2)9-13-19/h16,18H,3-15H2,1-2H3. The molecule has 2 nitrogen and oxygen atoms in total. The average molecular weight is 266 g/mol. The van der Waals surface area contributed by atoms with E-state index in [4.69, 9.17) is 0 Å². The van der Waals surface area contributed by atoms with Crippen LogP contribution >= 0.6 is 0 Å². The molecule has 1 N–H and O–H groups in total. The van der Waals surface area contributed by atoms with Crippen LogP contribution in [0.25, 0.3) is 0 Å². The van der Waals surface area contributed by atoms with E-state index in [0.29, 0.717) is 5.41 Å². The van der Waals surface area contributed by atoms with E-state index in [1.807, 2.05) is 0 Å². The lowest BCUT2D eigenvalue weighted by Crippen LogP contribution is -2.45. The number of hydrogen-bond acceptors (Lipinski definition) is 2. The zero-order valence-electron chi connectivity index (χ0n) is 13.2. The first kappa shape index (κ1) is 15.3. The summed E-state index contributed by atoms with van der Waals surface area (Å²) < 4.78 is 0. The molecule has 19 heavy (non-hydrogen) atoms. The normalized spacial score (nSPS) is 29.1. The average Bonchev–Trinajstić information content (AvgIpc) is 2.63. The Hall–Kier alpha value is -0.0800. The van der Waals surface area contributed by atoms with Crippen LogP contribution in [0.4, 0.5) is 0 Å². The quantitative estimate of drug-likeness (QED) is 0.817. The topological polar surface area (TPSA) is 15.3 Å². The highest BCUT2D eigenvalue weighted by Gasteiger charge is 2.33. The summed E-state index contributed by atoms with van der Waals surface area (Å²) in [7, 11) is 0. The van der Waals surface area contributed by atoms with Gasteiger partial charge in [-0.2, -0.15) is 0 Å². The van der Waals surface area contributed by atoms with Crippen molar-refractivity contribution in [1.29, 1.82) is 0 Å². The van der Waals surface area contributed by atoms with Gasteiger partial charge in [-0.15, -0.1) is 0 Å². The zero-order chi connectivity index (χ0) is 13.6. The fourth-order valence-electron chi connectivity index (χ4n) is 4.04. The van der Waals surface area contributed by atoms with Gasteiger partial charge in [-0.3, -0.25) is 0 Å². The molecule has 1 aliphatic carbocycles. The van der Waals surface area contributed by atoms with Crippen LogP contribution < -0.4 is 5.32 Å². The number of nitrogens with zero attached hydrogens (tertiary/aromatic N) is 1. The van der Waals surface area contributed by atoms with Gasteiger partial charge >= 0.3 is 0 Å². The third-order valence-corrected chi connectivity index (χ3v) is 5.33. The molecule has 112 valence electrons. The van der Waals surface area contributed by atoms with Gasteiger partial charge in [-0.1, -0.05) is 33.1 Å². The minimum Gasteiger partial charge on any atom is -0.316 e. The lowest BCUT2D eigenvalue weighted by molar-refractivity contribution is 0.104. The number of rotatable bonds is 5. The molecule has 0 amide bonds. The molecule has 0 bridgehead atoms. The van der Waals surface area contributed by atoms with E-state index < -0.39 is 0 Å². The molecule has 2 rings (SSSR count). The molecular weight excluding hydrogens is 232 g/mol. The van der Waals surface area contributed by atoms with Crippen LogP contribution in [0.3, 0.4) is 0 Å². The Labute approximate surface area is 120 Å². The third kappa shape index (κ3) is 4.75. The van der Waals surface area contributed by atoms with Crippen LogP contribution in [0.1, 0.15) is 65.2 Å². The lowest BCUT2D eigenvalue weighted by Gasteiger charge is -2.41. The SMILES string of the molecule is CCNCC1(CN2CCCC(C)CC2)CCCCC1. The van der Waals surface area contributed by atoms with Crippen molar-refractivity contribution >= 4 is 0 Å². The van der Waals surface area contributed by atoms with Crippen molar-refractivity contribution in [2.75, 3.05) is 32.7 Å². The Bertz CT molecular complexity index is 246. The second-order valence-electron chi connectivity index (χ2n) is 7.15. The number of likely N-dealkylation sites (tertiary alicyclic amines) is 1. The molecule has 1 aliphatic heterocycles. The highest BCUT2D eigenvalue weighted by Crippen LogP contribution is 2.37. The maximum Gasteiger partial charge on any atom is 0.00501 e. The molecule has 0 aromatic heterocycles. The Morgan fingerprint density at radius 1 is 1.05 bits per heavy atom. The molecule has 0 radical (unpaired) electrons. The van der Waals surface area contributed by atoms with E-state index in [9.17, 15) is 0 Å². The predicted molar refractivity (Wildman–Crippen MR) is 83.5 cm³/mol. The Balaban J connectivity index is 1.90. The van der Waals surface area contributed by atoms with Crippen LogP contribution in [0.2, 0.25) is 0 Å². The van der Waals surface area contributed by atoms with Crippen molar-refractivity contribution in [3.8, 4) is 0 Å². The molecular formula is C17H34N2. The predicted octanol–water partition coefficient (Wildman–Crippen LogP) is 3.67. The van der Waals surface area contributed by atoms with Gasteiger partial charge < -0.3 is 10.2 Å². The molecule has 1 heterocycles. The maximum absolute atomic E-state index is 3.65. The molecule has 2 heteroatoms. The van der Waals surface area contributed by atoms with Gasteiger partial charge in [0, 0.05) is 13.1 Å². The first-order chi connectivity index (χ1) is 9.24. The van der Waals surface area contributed by atoms with E-state index in [0.717, 1.165) is 12.5 Å². The molecule has 0 aromatic carbocycles. The third-order valence-electron chi connectivity index (χ3n) is 5.33. The largest absolute Gasteiger partial charge is 0.316 e. The van der Waals surface area contributed by atoms with Gasteiger partial charge in [0.25, 0.3) is 0 Å². The maximum atomic E-state index is 3.65. The molecule has 0 aromatic rings. The second kappa shape index (κ2) is 7.64. The van der Waals surface area contributed by atoms with Crippen molar-refractivity contribution < 1.29 is 0 Å². The summed E-state index contributed by atoms with van der Waals surface area (Å²) in [6, 6.07) is 0. The Kier molecular flexibility index (Phi) is 6.15. The van der Waals surface area contributed by atoms with Gasteiger partial charge in [-0.05, 0) is 63.1 Å². The van der Waals surface area contributed by atoms with Gasteiger partial charge in [0.1, 0.15) is 0 Å². The lowest BCUT2D eigenvalue weighted by atomic mass is 9.73. The van der Waals surface area contributed by atoms with Gasteiger partial charge in [0.2, 0.25) is 0 Å². The van der Waals surface area contributed by atoms with E-state index in [2.05, 4.69) is 24.1 Å². The monoisotopic (exact) mass is 266 g/mol. The highest BCUT2D eigenvalue weighted by molar-refractivity contribution is 4.88. The van der Waals surface area contributed by atoms with E-state index in [-0.39, 0.29) is 0 Å². The number of hydrogen-bond donors (Lipinski definition) is 1. The molecule has 0 spiro atoms. The van der Waals surface area contributed by atoms with Crippen molar-refractivity contribution in [1.82, 2.24) is 10.2 Å². The Morgan fingerprint density at radius 3 is 2.58 bits per heavy atom. The molecule has 1 atom stereocenters. The van der Waals surface area contributed by atoms with Crippen LogP contribution in [0.15, 0.2) is 0 Å². The summed E-state index contributed by atoms with van der Waals surface area (Å²) in [6.45, 7) is 11.1. The first-order valence-corrected chi connectivity index (χ1v) is 8.67. The van der Waals surface area contributed by atoms with Crippen LogP contribution in [-0.4, -0.2) is 37.6 Å². The molecule has 1 unspecified atom stereocenters. The summed E-state index contributed by atoms with van der Waals surface area (Å²) >= 11 is 0. The number of nitrogens with one attached hydrogen (secondary N) is 1. The van der Waals surface area contributed by atoms with Gasteiger partial charge in [0.15, 0.2) is 0 Å². The fraction of sp³-hybridized carbons (Fsp3) is 1.00. The molecule has 1 saturated carbocycles. The molecule has 2 fully saturated rings. The minimum atomic E-state index is 0.585. The van der Waals surface area contributed by atoms with Crippen molar-refractivity contribution in [3.63, 3.8) is 0 Å². The first-order valence-electron chi connectivity index (χ1n) is 8.67. The van der Waals surface area contributed by atoms with Crippen LogP contribution in [-0.2, 0) is 0 Å². The molecule has 1 saturated heterocycles. The highest BCUT2D eigenvalue weighted by atomic mass is 15.1. The van der Waals surface area contributed by atoms with Gasteiger partial charge in [-0.25, -0.2) is 0 Å². The van der Waals surface area contributed by atoms with Crippen LogP contribution in [0.5, 0.6) is 0 Å². The minimum absolute atomic E-state index is 0.585. The van der Waals surface area contributed by atoms with Crippen molar-refractivity contribution in [3.05, 3.63) is 0 Å². The van der Waals surface area contributed by atoms with E-state index >= 15 is 0 Å². The summed E-state index contributed by atoms with van der Waals surface area (Å²) in [5.41, 5.74) is 0.585. The summed E-state index contributed by atoms with van der Waals surface area (Å²) in [6.07, 6.45) is 11.5. The summed E-state index contributed by atoms with van der Waals surface area (Å²) in [5.74, 6) is 0.945. The molecule has 2 aliphatic rings. The fourth-order valence-corrected chi connectivity index (χ4v) is 4.04. The zero-order valence-corrected chi connectivity index (χ0v) is 13.2. The summed E-state index contributed by atoms with van der Waals surface area (Å²) in [4.78, 5) is 2.78. The second-order valence-corrected chi connectivity index (χ2v) is 7.15. The van der Waals surface area contributed by atoms with Crippen molar-refractivity contribution in [2.24, 2.45) is 11.3 Å². The Morgan fingerprint density at radius 2 is 1.84 bits per heavy atom. The smallest absolute Gasteiger partial charge is 0.00501 e. The van der Waals surface area contributed by atoms with E-state index in [1.165, 1.54) is 77.5 Å². The van der Waals surface area contributed by atoms with Crippen LogP contribution in [0, 0.1) is 11.3 Å².